The molecule has 0 radical (unpaired) electrons. The monoisotopic (exact) mass is 497 g/mol. The maximum absolute atomic E-state index is 12.7. The molecule has 1 heterocycles. The molecule has 2 N–H and O–H groups in total. The van der Waals surface area contributed by atoms with Gasteiger partial charge in [-0.1, -0.05) is 36.4 Å². The maximum atomic E-state index is 12.7. The highest BCUT2D eigenvalue weighted by atomic mass is 79.9. The second-order valence-electron chi connectivity index (χ2n) is 6.96. The summed E-state index contributed by atoms with van der Waals surface area (Å²) in [4.78, 5) is 22.5. The minimum Gasteiger partial charge on any atom is -0.381 e. The summed E-state index contributed by atoms with van der Waals surface area (Å²) in [6.07, 6.45) is 1.51. The summed E-state index contributed by atoms with van der Waals surface area (Å²) in [5.41, 5.74) is -0.337. The van der Waals surface area contributed by atoms with Crippen LogP contribution in [0.1, 0.15) is 18.4 Å². The van der Waals surface area contributed by atoms with E-state index in [1.54, 1.807) is 0 Å². The van der Waals surface area contributed by atoms with E-state index in [2.05, 4.69) is 21.2 Å². The van der Waals surface area contributed by atoms with Crippen molar-refractivity contribution in [2.45, 2.75) is 29.7 Å². The number of para-hydroxylation sites is 1. The molecular weight excluding hydrogens is 478 g/mol. The van der Waals surface area contributed by atoms with Gasteiger partial charge in [-0.2, -0.15) is 0 Å². The summed E-state index contributed by atoms with van der Waals surface area (Å²) in [5, 5.41) is 14.1. The van der Waals surface area contributed by atoms with Crippen LogP contribution in [0.4, 0.5) is 10.5 Å². The van der Waals surface area contributed by atoms with E-state index in [0.29, 0.717) is 32.5 Å². The second kappa shape index (κ2) is 9.11. The Morgan fingerprint density at radius 3 is 2.43 bits per heavy atom. The van der Waals surface area contributed by atoms with Crippen molar-refractivity contribution in [1.82, 2.24) is 10.0 Å². The molecule has 1 fully saturated rings. The van der Waals surface area contributed by atoms with Crippen molar-refractivity contribution in [2.75, 3.05) is 13.2 Å². The standard InChI is InChI=1S/C19H20BrN3O6S/c20-15-7-4-8-16(17(15)23(25)26)30(27,28)22-18(24)21-19(9-11-29-12-10-19)13-14-5-2-1-3-6-14/h1-8H,9-13H2,(H2,21,22,24). The quantitative estimate of drug-likeness (QED) is 0.465. The van der Waals surface area contributed by atoms with Gasteiger partial charge in [0.15, 0.2) is 4.90 Å². The highest BCUT2D eigenvalue weighted by Crippen LogP contribution is 2.32. The molecule has 1 aliphatic heterocycles. The number of ether oxygens (including phenoxy) is 1. The zero-order valence-electron chi connectivity index (χ0n) is 15.8. The fourth-order valence-electron chi connectivity index (χ4n) is 3.43. The minimum absolute atomic E-state index is 0.000704. The summed E-state index contributed by atoms with van der Waals surface area (Å²) < 4.78 is 32.7. The molecule has 0 unspecified atom stereocenters. The predicted octanol–water partition coefficient (Wildman–Crippen LogP) is 3.14. The number of carbonyl (C=O) groups excluding carboxylic acids is 1. The van der Waals surface area contributed by atoms with E-state index in [0.717, 1.165) is 11.6 Å². The summed E-state index contributed by atoms with van der Waals surface area (Å²) in [6, 6.07) is 12.4. The van der Waals surface area contributed by atoms with Crippen LogP contribution in [-0.4, -0.2) is 38.1 Å². The Labute approximate surface area is 182 Å². The van der Waals surface area contributed by atoms with E-state index in [1.807, 2.05) is 35.1 Å². The number of carbonyl (C=O) groups is 1. The highest BCUT2D eigenvalue weighted by molar-refractivity contribution is 9.10. The molecule has 1 saturated heterocycles. The number of benzene rings is 2. The number of nitrogens with zero attached hydrogens (tertiary/aromatic N) is 1. The van der Waals surface area contributed by atoms with E-state index in [1.165, 1.54) is 12.1 Å². The lowest BCUT2D eigenvalue weighted by molar-refractivity contribution is -0.388. The van der Waals surface area contributed by atoms with Crippen molar-refractivity contribution in [3.05, 3.63) is 68.7 Å². The number of halogens is 1. The molecule has 3 rings (SSSR count). The predicted molar refractivity (Wildman–Crippen MR) is 113 cm³/mol. The first kappa shape index (κ1) is 22.2. The average Bonchev–Trinajstić information content (AvgIpc) is 2.68. The number of sulfonamides is 1. The minimum atomic E-state index is -4.47. The third kappa shape index (κ3) is 5.15. The summed E-state index contributed by atoms with van der Waals surface area (Å²) >= 11 is 2.98. The van der Waals surface area contributed by atoms with Gasteiger partial charge in [0.1, 0.15) is 0 Å². The van der Waals surface area contributed by atoms with E-state index in [9.17, 15) is 23.3 Å². The van der Waals surface area contributed by atoms with Crippen molar-refractivity contribution >= 4 is 37.7 Å². The molecule has 2 aromatic carbocycles. The number of hydrogen-bond donors (Lipinski definition) is 2. The summed E-state index contributed by atoms with van der Waals surface area (Å²) in [7, 11) is -4.47. The molecule has 0 atom stereocenters. The topological polar surface area (TPSA) is 128 Å². The zero-order valence-corrected chi connectivity index (χ0v) is 18.2. The smallest absolute Gasteiger partial charge is 0.329 e. The molecule has 0 spiro atoms. The Morgan fingerprint density at radius 1 is 1.13 bits per heavy atom. The number of nitro groups is 1. The Kier molecular flexibility index (Phi) is 6.74. The first-order valence-electron chi connectivity index (χ1n) is 9.12. The number of urea groups is 1. The van der Waals surface area contributed by atoms with Crippen LogP contribution in [0.5, 0.6) is 0 Å². The van der Waals surface area contributed by atoms with Crippen molar-refractivity contribution < 1.29 is 22.9 Å². The Balaban J connectivity index is 1.82. The molecular formula is C19H20BrN3O6S. The van der Waals surface area contributed by atoms with Crippen molar-refractivity contribution in [2.24, 2.45) is 0 Å². The number of hydrogen-bond acceptors (Lipinski definition) is 6. The second-order valence-corrected chi connectivity index (χ2v) is 9.46. The molecule has 160 valence electrons. The molecule has 30 heavy (non-hydrogen) atoms. The van der Waals surface area contributed by atoms with E-state index < -0.39 is 37.1 Å². The first-order valence-corrected chi connectivity index (χ1v) is 11.4. The molecule has 2 aromatic rings. The third-order valence-corrected chi connectivity index (χ3v) is 6.87. The van der Waals surface area contributed by atoms with Gasteiger partial charge in [-0.05, 0) is 52.9 Å². The van der Waals surface area contributed by atoms with Gasteiger partial charge >= 0.3 is 11.7 Å². The molecule has 2 amide bonds. The number of amides is 2. The van der Waals surface area contributed by atoms with E-state index in [-0.39, 0.29) is 4.47 Å². The fraction of sp³-hybridized carbons (Fsp3) is 0.316. The Bertz CT molecular complexity index is 1040. The van der Waals surface area contributed by atoms with Crippen LogP contribution in [-0.2, 0) is 21.2 Å². The fourth-order valence-corrected chi connectivity index (χ4v) is 5.17. The molecule has 0 aromatic heterocycles. The SMILES string of the molecule is O=C(NC1(Cc2ccccc2)CCOCC1)NS(=O)(=O)c1cccc(Br)c1[N+](=O)[O-]. The molecule has 0 bridgehead atoms. The molecule has 9 nitrogen and oxygen atoms in total. The van der Waals surface area contributed by atoms with Crippen molar-refractivity contribution in [3.8, 4) is 0 Å². The number of nitro benzene ring substituents is 1. The lowest BCUT2D eigenvalue weighted by Gasteiger charge is -2.38. The van der Waals surface area contributed by atoms with E-state index >= 15 is 0 Å². The maximum Gasteiger partial charge on any atom is 0.329 e. The van der Waals surface area contributed by atoms with Crippen LogP contribution in [0.25, 0.3) is 0 Å². The van der Waals surface area contributed by atoms with Gasteiger partial charge in [-0.3, -0.25) is 10.1 Å². The Hall–Kier alpha value is -2.50. The van der Waals surface area contributed by atoms with Gasteiger partial charge in [0.2, 0.25) is 0 Å². The van der Waals surface area contributed by atoms with Gasteiger partial charge in [0, 0.05) is 13.2 Å². The van der Waals surface area contributed by atoms with Crippen molar-refractivity contribution in [1.29, 1.82) is 0 Å². The van der Waals surface area contributed by atoms with Gasteiger partial charge in [0.25, 0.3) is 10.0 Å². The molecule has 0 saturated carbocycles. The van der Waals surface area contributed by atoms with Crippen LogP contribution >= 0.6 is 15.9 Å². The van der Waals surface area contributed by atoms with Crippen molar-refractivity contribution in [3.63, 3.8) is 0 Å². The number of nitrogens with one attached hydrogen (secondary N) is 2. The summed E-state index contributed by atoms with van der Waals surface area (Å²) in [5.74, 6) is 0. The van der Waals surface area contributed by atoms with Gasteiger partial charge in [-0.25, -0.2) is 17.9 Å². The van der Waals surface area contributed by atoms with E-state index in [4.69, 9.17) is 4.74 Å². The van der Waals surface area contributed by atoms with Crippen LogP contribution in [0.15, 0.2) is 57.9 Å². The number of rotatable bonds is 6. The van der Waals surface area contributed by atoms with Gasteiger partial charge in [0.05, 0.1) is 14.9 Å². The van der Waals surface area contributed by atoms with Gasteiger partial charge in [-0.15, -0.1) is 0 Å². The highest BCUT2D eigenvalue weighted by Gasteiger charge is 2.36. The lowest BCUT2D eigenvalue weighted by Crippen LogP contribution is -2.56. The van der Waals surface area contributed by atoms with Crippen LogP contribution in [0.3, 0.4) is 0 Å². The average molecular weight is 498 g/mol. The largest absolute Gasteiger partial charge is 0.381 e. The normalized spacial score (nSPS) is 15.9. The van der Waals surface area contributed by atoms with Crippen LogP contribution < -0.4 is 10.0 Å². The first-order chi connectivity index (χ1) is 14.2. The molecule has 0 aliphatic carbocycles. The Morgan fingerprint density at radius 2 is 1.80 bits per heavy atom. The third-order valence-electron chi connectivity index (χ3n) is 4.86. The van der Waals surface area contributed by atoms with Gasteiger partial charge < -0.3 is 10.1 Å². The molecule has 1 aliphatic rings. The van der Waals surface area contributed by atoms with Crippen LogP contribution in [0, 0.1) is 10.1 Å². The van der Waals surface area contributed by atoms with Crippen LogP contribution in [0.2, 0.25) is 0 Å². The molecule has 11 heteroatoms. The lowest BCUT2D eigenvalue weighted by atomic mass is 9.84. The summed E-state index contributed by atoms with van der Waals surface area (Å²) in [6.45, 7) is 0.855. The zero-order chi connectivity index (χ0) is 21.8.